The Morgan fingerprint density at radius 3 is 2.85 bits per heavy atom. The third kappa shape index (κ3) is 2.31. The van der Waals surface area contributed by atoms with Gasteiger partial charge in [-0.25, -0.2) is 4.39 Å². The van der Waals surface area contributed by atoms with Crippen LogP contribution in [0, 0.1) is 12.7 Å². The highest BCUT2D eigenvalue weighted by molar-refractivity contribution is 5.79. The monoisotopic (exact) mass is 269 g/mol. The van der Waals surface area contributed by atoms with E-state index in [-0.39, 0.29) is 5.82 Å². The third-order valence-corrected chi connectivity index (χ3v) is 3.71. The van der Waals surface area contributed by atoms with Crippen LogP contribution in [0.2, 0.25) is 0 Å². The molecule has 2 aromatic carbocycles. The fourth-order valence-corrected chi connectivity index (χ4v) is 2.81. The van der Waals surface area contributed by atoms with Crippen molar-refractivity contribution in [2.75, 3.05) is 11.4 Å². The topological polar surface area (TPSA) is 20.3 Å². The summed E-state index contributed by atoms with van der Waals surface area (Å²) in [5, 5.41) is 0. The van der Waals surface area contributed by atoms with E-state index in [4.69, 9.17) is 0 Å². The molecule has 2 aromatic rings. The van der Waals surface area contributed by atoms with Crippen molar-refractivity contribution in [3.05, 3.63) is 58.9 Å². The Bertz CT molecular complexity index is 666. The average Bonchev–Trinajstić information content (AvgIpc) is 2.45. The van der Waals surface area contributed by atoms with E-state index in [1.807, 2.05) is 0 Å². The van der Waals surface area contributed by atoms with Crippen LogP contribution in [0.4, 0.5) is 15.8 Å². The predicted octanol–water partition coefficient (Wildman–Crippen LogP) is 4.03. The molecule has 3 rings (SSSR count). The van der Waals surface area contributed by atoms with Crippen molar-refractivity contribution >= 4 is 17.7 Å². The lowest BCUT2D eigenvalue weighted by Crippen LogP contribution is -2.24. The Morgan fingerprint density at radius 1 is 1.20 bits per heavy atom. The third-order valence-electron chi connectivity index (χ3n) is 3.71. The van der Waals surface area contributed by atoms with Crippen LogP contribution < -0.4 is 4.90 Å². The number of fused-ring (bicyclic) bond motifs is 1. The van der Waals surface area contributed by atoms with Crippen LogP contribution in [0.5, 0.6) is 0 Å². The molecule has 2 nitrogen and oxygen atoms in total. The summed E-state index contributed by atoms with van der Waals surface area (Å²) in [5.74, 6) is -0.371. The van der Waals surface area contributed by atoms with Crippen molar-refractivity contribution in [3.8, 4) is 0 Å². The van der Waals surface area contributed by atoms with Crippen LogP contribution in [0.25, 0.3) is 0 Å². The van der Waals surface area contributed by atoms with Gasteiger partial charge < -0.3 is 4.90 Å². The molecule has 0 amide bonds. The maximum absolute atomic E-state index is 13.6. The van der Waals surface area contributed by atoms with Gasteiger partial charge in [0.1, 0.15) is 12.1 Å². The van der Waals surface area contributed by atoms with Crippen LogP contribution in [0.15, 0.2) is 36.4 Å². The molecule has 3 heteroatoms. The Kier molecular flexibility index (Phi) is 3.26. The van der Waals surface area contributed by atoms with Gasteiger partial charge in [-0.15, -0.1) is 0 Å². The lowest BCUT2D eigenvalue weighted by atomic mass is 9.99. The molecule has 0 saturated heterocycles. The number of benzene rings is 2. The number of halogens is 1. The number of anilines is 2. The van der Waals surface area contributed by atoms with Crippen molar-refractivity contribution in [1.82, 2.24) is 0 Å². The zero-order chi connectivity index (χ0) is 14.1. The summed E-state index contributed by atoms with van der Waals surface area (Å²) in [5.41, 5.74) is 4.76. The standard InChI is InChI=1S/C17H16FNO/c1-12-4-5-17-14(7-12)3-2-6-19(17)16-9-13(11-20)8-15(18)10-16/h4-5,7-11H,2-3,6H2,1H3. The second-order valence-electron chi connectivity index (χ2n) is 5.25. The fraction of sp³-hybridized carbons (Fsp3) is 0.235. The number of carbonyl (C=O) groups excluding carboxylic acids is 1. The summed E-state index contributed by atoms with van der Waals surface area (Å²) >= 11 is 0. The van der Waals surface area contributed by atoms with Gasteiger partial charge in [-0.3, -0.25) is 4.79 Å². The molecular formula is C17H16FNO. The number of nitrogens with zero attached hydrogens (tertiary/aromatic N) is 1. The zero-order valence-electron chi connectivity index (χ0n) is 11.4. The highest BCUT2D eigenvalue weighted by Gasteiger charge is 2.19. The molecule has 0 N–H and O–H groups in total. The van der Waals surface area contributed by atoms with Crippen molar-refractivity contribution in [2.45, 2.75) is 19.8 Å². The Morgan fingerprint density at radius 2 is 2.05 bits per heavy atom. The molecule has 0 atom stereocenters. The molecule has 1 aliphatic rings. The van der Waals surface area contributed by atoms with E-state index in [1.165, 1.54) is 23.3 Å². The second kappa shape index (κ2) is 5.08. The number of hydrogen-bond donors (Lipinski definition) is 0. The number of rotatable bonds is 2. The molecule has 0 radical (unpaired) electrons. The quantitative estimate of drug-likeness (QED) is 0.767. The molecular weight excluding hydrogens is 253 g/mol. The summed E-state index contributed by atoms with van der Waals surface area (Å²) < 4.78 is 13.6. The first-order valence-corrected chi connectivity index (χ1v) is 6.80. The predicted molar refractivity (Wildman–Crippen MR) is 78.3 cm³/mol. The second-order valence-corrected chi connectivity index (χ2v) is 5.25. The van der Waals surface area contributed by atoms with Gasteiger partial charge in [-0.2, -0.15) is 0 Å². The van der Waals surface area contributed by atoms with E-state index in [2.05, 4.69) is 30.0 Å². The van der Waals surface area contributed by atoms with Crippen LogP contribution in [0.3, 0.4) is 0 Å². The summed E-state index contributed by atoms with van der Waals surface area (Å²) in [6, 6.07) is 10.8. The highest BCUT2D eigenvalue weighted by Crippen LogP contribution is 2.34. The maximum Gasteiger partial charge on any atom is 0.150 e. The van der Waals surface area contributed by atoms with Gasteiger partial charge in [-0.1, -0.05) is 17.7 Å². The molecule has 0 saturated carbocycles. The van der Waals surface area contributed by atoms with Crippen LogP contribution in [0.1, 0.15) is 27.9 Å². The summed E-state index contributed by atoms with van der Waals surface area (Å²) in [7, 11) is 0. The van der Waals surface area contributed by atoms with Gasteiger partial charge >= 0.3 is 0 Å². The number of aldehydes is 1. The molecule has 0 aromatic heterocycles. The van der Waals surface area contributed by atoms with Gasteiger partial charge in [0.25, 0.3) is 0 Å². The first kappa shape index (κ1) is 12.9. The van der Waals surface area contributed by atoms with Crippen LogP contribution >= 0.6 is 0 Å². The van der Waals surface area contributed by atoms with E-state index in [9.17, 15) is 9.18 Å². The Hall–Kier alpha value is -2.16. The minimum Gasteiger partial charge on any atom is -0.341 e. The van der Waals surface area contributed by atoms with Gasteiger partial charge in [0.05, 0.1) is 0 Å². The maximum atomic E-state index is 13.6. The van der Waals surface area contributed by atoms with Crippen LogP contribution in [-0.2, 0) is 6.42 Å². The van der Waals surface area contributed by atoms with Crippen molar-refractivity contribution in [1.29, 1.82) is 0 Å². The minimum atomic E-state index is -0.371. The minimum absolute atomic E-state index is 0.371. The Balaban J connectivity index is 2.08. The Labute approximate surface area is 117 Å². The van der Waals surface area contributed by atoms with Gasteiger partial charge in [0.2, 0.25) is 0 Å². The van der Waals surface area contributed by atoms with Crippen molar-refractivity contribution < 1.29 is 9.18 Å². The molecule has 0 spiro atoms. The average molecular weight is 269 g/mol. The highest BCUT2D eigenvalue weighted by atomic mass is 19.1. The molecule has 0 aliphatic carbocycles. The lowest BCUT2D eigenvalue weighted by molar-refractivity contribution is 0.112. The van der Waals surface area contributed by atoms with E-state index in [0.717, 1.165) is 30.8 Å². The molecule has 0 bridgehead atoms. The fourth-order valence-electron chi connectivity index (χ4n) is 2.81. The smallest absolute Gasteiger partial charge is 0.150 e. The largest absolute Gasteiger partial charge is 0.341 e. The first-order valence-electron chi connectivity index (χ1n) is 6.80. The summed E-state index contributed by atoms with van der Waals surface area (Å²) in [4.78, 5) is 13.0. The molecule has 1 heterocycles. The molecule has 20 heavy (non-hydrogen) atoms. The van der Waals surface area contributed by atoms with E-state index in [1.54, 1.807) is 6.07 Å². The summed E-state index contributed by atoms with van der Waals surface area (Å²) in [6.45, 7) is 2.92. The molecule has 1 aliphatic heterocycles. The SMILES string of the molecule is Cc1ccc2c(c1)CCCN2c1cc(F)cc(C=O)c1. The van der Waals surface area contributed by atoms with Crippen molar-refractivity contribution in [3.63, 3.8) is 0 Å². The molecule has 0 fully saturated rings. The number of hydrogen-bond acceptors (Lipinski definition) is 2. The lowest BCUT2D eigenvalue weighted by Gasteiger charge is -2.31. The van der Waals surface area contributed by atoms with E-state index >= 15 is 0 Å². The molecule has 0 unspecified atom stereocenters. The van der Waals surface area contributed by atoms with E-state index in [0.29, 0.717) is 11.8 Å². The van der Waals surface area contributed by atoms with Crippen LogP contribution in [-0.4, -0.2) is 12.8 Å². The van der Waals surface area contributed by atoms with Gasteiger partial charge in [-0.05, 0) is 49.6 Å². The zero-order valence-corrected chi connectivity index (χ0v) is 11.4. The number of aryl methyl sites for hydroxylation is 2. The normalized spacial score (nSPS) is 14.0. The van der Waals surface area contributed by atoms with Gasteiger partial charge in [0.15, 0.2) is 0 Å². The van der Waals surface area contributed by atoms with Crippen molar-refractivity contribution in [2.24, 2.45) is 0 Å². The summed E-state index contributed by atoms with van der Waals surface area (Å²) in [6.07, 6.45) is 2.76. The number of carbonyl (C=O) groups is 1. The van der Waals surface area contributed by atoms with E-state index < -0.39 is 0 Å². The first-order chi connectivity index (χ1) is 9.67. The molecule has 102 valence electrons. The van der Waals surface area contributed by atoms with Gasteiger partial charge in [0, 0.05) is 23.5 Å².